The van der Waals surface area contributed by atoms with Crippen molar-refractivity contribution in [1.82, 2.24) is 5.32 Å². The Balaban J connectivity index is 1.55. The Labute approximate surface area is 227 Å². The lowest BCUT2D eigenvalue weighted by atomic mass is 9.95. The number of amides is 3. The second-order valence-corrected chi connectivity index (χ2v) is 10.00. The quantitative estimate of drug-likeness (QED) is 0.448. The third-order valence-electron chi connectivity index (χ3n) is 6.95. The Kier molecular flexibility index (Phi) is 7.86. The molecule has 0 radical (unpaired) electrons. The van der Waals surface area contributed by atoms with Crippen molar-refractivity contribution in [3.63, 3.8) is 0 Å². The molecule has 9 nitrogen and oxygen atoms in total. The van der Waals surface area contributed by atoms with Gasteiger partial charge in [-0.2, -0.15) is 0 Å². The molecule has 2 aromatic carbocycles. The summed E-state index contributed by atoms with van der Waals surface area (Å²) in [6, 6.07) is 16.4. The van der Waals surface area contributed by atoms with Gasteiger partial charge in [0.05, 0.1) is 0 Å². The SMILES string of the molecule is CC(=O)Nc1cccc(N(C(=O)C2COc3ccccc3O2)C(C(=O)NC2CCCCC2)c2ccc(C)o2)c1. The summed E-state index contributed by atoms with van der Waals surface area (Å²) in [6.07, 6.45) is 4.00. The first-order valence-corrected chi connectivity index (χ1v) is 13.3. The number of aryl methyl sites for hydroxylation is 1. The maximum Gasteiger partial charge on any atom is 0.272 e. The highest BCUT2D eigenvalue weighted by atomic mass is 16.6. The van der Waals surface area contributed by atoms with Gasteiger partial charge in [0, 0.05) is 24.3 Å². The molecule has 2 N–H and O–H groups in total. The normalized spacial score (nSPS) is 17.6. The number of hydrogen-bond donors (Lipinski definition) is 2. The third kappa shape index (κ3) is 6.08. The molecule has 1 aromatic heterocycles. The zero-order chi connectivity index (χ0) is 27.4. The molecule has 0 saturated heterocycles. The summed E-state index contributed by atoms with van der Waals surface area (Å²) in [5.74, 6) is 0.884. The lowest BCUT2D eigenvalue weighted by Gasteiger charge is -2.35. The van der Waals surface area contributed by atoms with E-state index in [4.69, 9.17) is 13.9 Å². The Morgan fingerprint density at radius 1 is 0.949 bits per heavy atom. The fourth-order valence-electron chi connectivity index (χ4n) is 5.14. The van der Waals surface area contributed by atoms with E-state index in [0.717, 1.165) is 32.1 Å². The summed E-state index contributed by atoms with van der Waals surface area (Å²) in [5, 5.41) is 5.92. The van der Waals surface area contributed by atoms with Crippen molar-refractivity contribution in [3.05, 3.63) is 72.2 Å². The van der Waals surface area contributed by atoms with Gasteiger partial charge in [0.25, 0.3) is 11.8 Å². The minimum absolute atomic E-state index is 0.0219. The predicted molar refractivity (Wildman–Crippen MR) is 146 cm³/mol. The lowest BCUT2D eigenvalue weighted by Crippen LogP contribution is -2.52. The first-order valence-electron chi connectivity index (χ1n) is 13.3. The van der Waals surface area contributed by atoms with E-state index in [-0.39, 0.29) is 24.5 Å². The second-order valence-electron chi connectivity index (χ2n) is 10.00. The summed E-state index contributed by atoms with van der Waals surface area (Å²) >= 11 is 0. The maximum atomic E-state index is 14.3. The average molecular weight is 532 g/mol. The van der Waals surface area contributed by atoms with E-state index < -0.39 is 18.1 Å². The van der Waals surface area contributed by atoms with Gasteiger partial charge in [-0.3, -0.25) is 19.3 Å². The largest absolute Gasteiger partial charge is 0.485 e. The Morgan fingerprint density at radius 2 is 1.72 bits per heavy atom. The van der Waals surface area contributed by atoms with Gasteiger partial charge >= 0.3 is 0 Å². The van der Waals surface area contributed by atoms with Crippen molar-refractivity contribution in [1.29, 1.82) is 0 Å². The van der Waals surface area contributed by atoms with Crippen LogP contribution in [-0.4, -0.2) is 36.5 Å². The number of furan rings is 1. The molecule has 1 aliphatic heterocycles. The molecule has 3 amide bonds. The van der Waals surface area contributed by atoms with E-state index in [9.17, 15) is 14.4 Å². The van der Waals surface area contributed by atoms with Crippen LogP contribution in [0.3, 0.4) is 0 Å². The molecule has 1 aliphatic carbocycles. The van der Waals surface area contributed by atoms with E-state index in [1.807, 2.05) is 6.07 Å². The molecule has 39 heavy (non-hydrogen) atoms. The van der Waals surface area contributed by atoms with E-state index in [1.165, 1.54) is 11.8 Å². The first kappa shape index (κ1) is 26.3. The van der Waals surface area contributed by atoms with Gasteiger partial charge < -0.3 is 24.5 Å². The zero-order valence-electron chi connectivity index (χ0n) is 22.1. The van der Waals surface area contributed by atoms with Gasteiger partial charge in [0.15, 0.2) is 17.5 Å². The lowest BCUT2D eigenvalue weighted by molar-refractivity contribution is -0.132. The number of para-hydroxylation sites is 2. The number of benzene rings is 2. The molecule has 1 fully saturated rings. The summed E-state index contributed by atoms with van der Waals surface area (Å²) in [4.78, 5) is 41.4. The molecular formula is C30H33N3O6. The highest BCUT2D eigenvalue weighted by Crippen LogP contribution is 2.35. The number of carbonyl (C=O) groups excluding carboxylic acids is 3. The molecule has 2 heterocycles. The van der Waals surface area contributed by atoms with Crippen LogP contribution in [0.4, 0.5) is 11.4 Å². The zero-order valence-corrected chi connectivity index (χ0v) is 22.1. The summed E-state index contributed by atoms with van der Waals surface area (Å²) in [5.41, 5.74) is 0.901. The first-order chi connectivity index (χ1) is 18.9. The van der Waals surface area contributed by atoms with E-state index >= 15 is 0 Å². The Morgan fingerprint density at radius 3 is 2.44 bits per heavy atom. The Bertz CT molecular complexity index is 1350. The number of anilines is 2. The monoisotopic (exact) mass is 531 g/mol. The van der Waals surface area contributed by atoms with Gasteiger partial charge in [0.2, 0.25) is 12.0 Å². The molecule has 2 aliphatic rings. The number of fused-ring (bicyclic) bond motifs is 1. The van der Waals surface area contributed by atoms with Crippen molar-refractivity contribution in [2.24, 2.45) is 0 Å². The highest BCUT2D eigenvalue weighted by Gasteiger charge is 2.41. The van der Waals surface area contributed by atoms with Crippen LogP contribution in [0, 0.1) is 6.92 Å². The fraction of sp³-hybridized carbons (Fsp3) is 0.367. The van der Waals surface area contributed by atoms with Crippen LogP contribution in [0.2, 0.25) is 0 Å². The topological polar surface area (TPSA) is 110 Å². The standard InChI is InChI=1S/C30H33N3O6/c1-19-15-16-26(38-19)28(29(35)32-21-9-4-3-5-10-21)33(23-12-8-11-22(17-23)31-20(2)34)30(36)27-18-37-24-13-6-7-14-25(24)39-27/h6-8,11-17,21,27-28H,3-5,9-10,18H2,1-2H3,(H,31,34)(H,32,35). The number of ether oxygens (including phenoxy) is 2. The van der Waals surface area contributed by atoms with Gasteiger partial charge in [-0.1, -0.05) is 37.5 Å². The predicted octanol–water partition coefficient (Wildman–Crippen LogP) is 4.91. The summed E-state index contributed by atoms with van der Waals surface area (Å²) in [6.45, 7) is 3.18. The number of carbonyl (C=O) groups is 3. The van der Waals surface area contributed by atoms with Crippen LogP contribution >= 0.6 is 0 Å². The smallest absolute Gasteiger partial charge is 0.272 e. The Hall–Kier alpha value is -4.27. The molecule has 204 valence electrons. The van der Waals surface area contributed by atoms with Crippen LogP contribution in [0.25, 0.3) is 0 Å². The number of nitrogens with one attached hydrogen (secondary N) is 2. The van der Waals surface area contributed by atoms with E-state index in [2.05, 4.69) is 10.6 Å². The van der Waals surface area contributed by atoms with Crippen LogP contribution < -0.4 is 25.0 Å². The number of rotatable bonds is 7. The van der Waals surface area contributed by atoms with Crippen molar-refractivity contribution in [3.8, 4) is 11.5 Å². The molecule has 5 rings (SSSR count). The van der Waals surface area contributed by atoms with Gasteiger partial charge in [-0.15, -0.1) is 0 Å². The van der Waals surface area contributed by atoms with Crippen molar-refractivity contribution >= 4 is 29.1 Å². The van der Waals surface area contributed by atoms with Crippen molar-refractivity contribution in [2.75, 3.05) is 16.8 Å². The molecule has 9 heteroatoms. The molecule has 0 spiro atoms. The average Bonchev–Trinajstić information content (AvgIpc) is 3.36. The highest BCUT2D eigenvalue weighted by molar-refractivity contribution is 6.04. The van der Waals surface area contributed by atoms with E-state index in [0.29, 0.717) is 34.4 Å². The van der Waals surface area contributed by atoms with Crippen LogP contribution in [-0.2, 0) is 14.4 Å². The van der Waals surface area contributed by atoms with E-state index in [1.54, 1.807) is 61.5 Å². The summed E-state index contributed by atoms with van der Waals surface area (Å²) in [7, 11) is 0. The van der Waals surface area contributed by atoms with Crippen molar-refractivity contribution in [2.45, 2.75) is 64.1 Å². The number of hydrogen-bond acceptors (Lipinski definition) is 6. The van der Waals surface area contributed by atoms with Gasteiger partial charge in [0.1, 0.15) is 18.1 Å². The van der Waals surface area contributed by atoms with Crippen LogP contribution in [0.15, 0.2) is 65.1 Å². The molecule has 2 atom stereocenters. The molecule has 3 aromatic rings. The molecule has 1 saturated carbocycles. The van der Waals surface area contributed by atoms with Gasteiger partial charge in [-0.25, -0.2) is 0 Å². The molecule has 2 unspecified atom stereocenters. The minimum atomic E-state index is -1.11. The van der Waals surface area contributed by atoms with Gasteiger partial charge in [-0.05, 0) is 62.2 Å². The molecule has 0 bridgehead atoms. The van der Waals surface area contributed by atoms with Crippen molar-refractivity contribution < 1.29 is 28.3 Å². The second kappa shape index (κ2) is 11.6. The fourth-order valence-corrected chi connectivity index (χ4v) is 5.14. The third-order valence-corrected chi connectivity index (χ3v) is 6.95. The van der Waals surface area contributed by atoms with Crippen LogP contribution in [0.5, 0.6) is 11.5 Å². The summed E-state index contributed by atoms with van der Waals surface area (Å²) < 4.78 is 17.9. The van der Waals surface area contributed by atoms with Crippen LogP contribution in [0.1, 0.15) is 56.6 Å². The minimum Gasteiger partial charge on any atom is -0.485 e. The number of nitrogens with zero attached hydrogens (tertiary/aromatic N) is 1. The molecular weight excluding hydrogens is 498 g/mol. The maximum absolute atomic E-state index is 14.3.